The fraction of sp³-hybridized carbons (Fsp3) is 0.889. The first-order valence-electron chi connectivity index (χ1n) is 4.32. The molecule has 0 aromatic rings. The number of carbonyl (C=O) groups excluding carboxylic acids is 1. The van der Waals surface area contributed by atoms with Crippen LogP contribution in [0.1, 0.15) is 40.0 Å². The summed E-state index contributed by atoms with van der Waals surface area (Å²) in [4.78, 5) is 11.1. The molecule has 0 spiro atoms. The summed E-state index contributed by atoms with van der Waals surface area (Å²) in [5.41, 5.74) is 5.54. The van der Waals surface area contributed by atoms with E-state index in [1.807, 2.05) is 20.8 Å². The van der Waals surface area contributed by atoms with Gasteiger partial charge in [0.05, 0.1) is 0 Å². The number of Topliss-reactive ketones (excluding diaryl/α,β-unsaturated/α-hetero) is 1. The molecule has 0 saturated carbocycles. The molecule has 0 aromatic carbocycles. The van der Waals surface area contributed by atoms with Gasteiger partial charge in [-0.15, -0.1) is 0 Å². The van der Waals surface area contributed by atoms with Crippen LogP contribution in [0.5, 0.6) is 0 Å². The fourth-order valence-electron chi connectivity index (χ4n) is 0.887. The zero-order valence-corrected chi connectivity index (χ0v) is 7.76. The molecule has 0 amide bonds. The lowest BCUT2D eigenvalue weighted by Gasteiger charge is -2.05. The zero-order valence-electron chi connectivity index (χ0n) is 7.76. The maximum Gasteiger partial charge on any atom is 0.135 e. The highest BCUT2D eigenvalue weighted by atomic mass is 16.1. The molecular formula is C9H19NO. The van der Waals surface area contributed by atoms with Gasteiger partial charge in [-0.3, -0.25) is 4.79 Å². The molecule has 0 radical (unpaired) electrons. The Kier molecular flexibility index (Phi) is 5.12. The van der Waals surface area contributed by atoms with E-state index in [2.05, 4.69) is 0 Å². The van der Waals surface area contributed by atoms with Crippen molar-refractivity contribution in [3.63, 3.8) is 0 Å². The van der Waals surface area contributed by atoms with Crippen molar-refractivity contribution in [2.45, 2.75) is 46.1 Å². The standard InChI is InChI=1S/C9H19NO/c1-7(2)9(11)6-4-5-8(3)10/h7-8H,4-6,10H2,1-3H3. The van der Waals surface area contributed by atoms with Crippen molar-refractivity contribution >= 4 is 5.78 Å². The largest absolute Gasteiger partial charge is 0.328 e. The third kappa shape index (κ3) is 6.05. The quantitative estimate of drug-likeness (QED) is 0.660. The average Bonchev–Trinajstić information content (AvgIpc) is 1.86. The third-order valence-electron chi connectivity index (χ3n) is 1.73. The lowest BCUT2D eigenvalue weighted by atomic mass is 10.0. The first-order chi connectivity index (χ1) is 5.04. The third-order valence-corrected chi connectivity index (χ3v) is 1.73. The Labute approximate surface area is 69.2 Å². The monoisotopic (exact) mass is 157 g/mol. The van der Waals surface area contributed by atoms with Crippen molar-refractivity contribution in [2.24, 2.45) is 11.7 Å². The van der Waals surface area contributed by atoms with E-state index in [4.69, 9.17) is 5.73 Å². The first kappa shape index (κ1) is 10.6. The van der Waals surface area contributed by atoms with Gasteiger partial charge in [0.1, 0.15) is 5.78 Å². The predicted molar refractivity (Wildman–Crippen MR) is 47.3 cm³/mol. The molecule has 1 unspecified atom stereocenters. The Bertz CT molecular complexity index is 119. The lowest BCUT2D eigenvalue weighted by molar-refractivity contribution is -0.122. The van der Waals surface area contributed by atoms with E-state index < -0.39 is 0 Å². The van der Waals surface area contributed by atoms with Crippen molar-refractivity contribution in [2.75, 3.05) is 0 Å². The summed E-state index contributed by atoms with van der Waals surface area (Å²) >= 11 is 0. The minimum atomic E-state index is 0.183. The smallest absolute Gasteiger partial charge is 0.135 e. The molecule has 2 N–H and O–H groups in total. The van der Waals surface area contributed by atoms with Gasteiger partial charge in [0, 0.05) is 18.4 Å². The summed E-state index contributed by atoms with van der Waals surface area (Å²) in [5.74, 6) is 0.536. The molecule has 1 atom stereocenters. The molecule has 0 bridgehead atoms. The van der Waals surface area contributed by atoms with E-state index >= 15 is 0 Å². The number of ketones is 1. The van der Waals surface area contributed by atoms with Gasteiger partial charge in [0.2, 0.25) is 0 Å². The molecule has 0 saturated heterocycles. The fourth-order valence-corrected chi connectivity index (χ4v) is 0.887. The van der Waals surface area contributed by atoms with Crippen LogP contribution in [0.2, 0.25) is 0 Å². The summed E-state index contributed by atoms with van der Waals surface area (Å²) in [6.45, 7) is 5.85. The van der Waals surface area contributed by atoms with Gasteiger partial charge in [-0.05, 0) is 19.8 Å². The maximum absolute atomic E-state index is 11.1. The molecule has 2 nitrogen and oxygen atoms in total. The molecule has 0 aromatic heterocycles. The second-order valence-corrected chi connectivity index (χ2v) is 3.49. The molecule has 11 heavy (non-hydrogen) atoms. The van der Waals surface area contributed by atoms with Gasteiger partial charge >= 0.3 is 0 Å². The van der Waals surface area contributed by atoms with Crippen molar-refractivity contribution in [1.29, 1.82) is 0 Å². The second-order valence-electron chi connectivity index (χ2n) is 3.49. The zero-order chi connectivity index (χ0) is 8.85. The van der Waals surface area contributed by atoms with Gasteiger partial charge in [-0.25, -0.2) is 0 Å². The Hall–Kier alpha value is -0.370. The van der Waals surface area contributed by atoms with Crippen LogP contribution in [0, 0.1) is 5.92 Å². The summed E-state index contributed by atoms with van der Waals surface area (Å²) in [6, 6.07) is 0.231. The van der Waals surface area contributed by atoms with E-state index in [1.165, 1.54) is 0 Å². The second kappa shape index (κ2) is 5.30. The van der Waals surface area contributed by atoms with Gasteiger partial charge in [0.15, 0.2) is 0 Å². The molecular weight excluding hydrogens is 138 g/mol. The van der Waals surface area contributed by atoms with Crippen LogP contribution < -0.4 is 5.73 Å². The summed E-state index contributed by atoms with van der Waals surface area (Å²) in [7, 11) is 0. The summed E-state index contributed by atoms with van der Waals surface area (Å²) in [6.07, 6.45) is 2.59. The van der Waals surface area contributed by atoms with Crippen LogP contribution in [0.4, 0.5) is 0 Å². The number of hydrogen-bond donors (Lipinski definition) is 1. The highest BCUT2D eigenvalue weighted by molar-refractivity contribution is 5.80. The molecule has 0 aliphatic rings. The molecule has 0 aliphatic heterocycles. The van der Waals surface area contributed by atoms with E-state index in [-0.39, 0.29) is 12.0 Å². The Morgan fingerprint density at radius 1 is 1.36 bits per heavy atom. The van der Waals surface area contributed by atoms with Crippen LogP contribution >= 0.6 is 0 Å². The van der Waals surface area contributed by atoms with Crippen LogP contribution in [0.25, 0.3) is 0 Å². The van der Waals surface area contributed by atoms with Crippen LogP contribution in [0.3, 0.4) is 0 Å². The lowest BCUT2D eigenvalue weighted by Crippen LogP contribution is -2.15. The van der Waals surface area contributed by atoms with Crippen molar-refractivity contribution in [1.82, 2.24) is 0 Å². The molecule has 0 heterocycles. The number of carbonyl (C=O) groups is 1. The van der Waals surface area contributed by atoms with Crippen molar-refractivity contribution in [3.8, 4) is 0 Å². The van der Waals surface area contributed by atoms with Crippen LogP contribution in [0.15, 0.2) is 0 Å². The molecule has 2 heteroatoms. The van der Waals surface area contributed by atoms with Gasteiger partial charge in [-0.1, -0.05) is 13.8 Å². The Balaban J connectivity index is 3.32. The topological polar surface area (TPSA) is 43.1 Å². The molecule has 66 valence electrons. The number of rotatable bonds is 5. The molecule has 0 aliphatic carbocycles. The van der Waals surface area contributed by atoms with Crippen LogP contribution in [-0.2, 0) is 4.79 Å². The van der Waals surface area contributed by atoms with Crippen molar-refractivity contribution in [3.05, 3.63) is 0 Å². The van der Waals surface area contributed by atoms with Gasteiger partial charge in [-0.2, -0.15) is 0 Å². The highest BCUT2D eigenvalue weighted by Crippen LogP contribution is 2.04. The number of nitrogens with two attached hydrogens (primary N) is 1. The minimum absolute atomic E-state index is 0.183. The Morgan fingerprint density at radius 3 is 2.27 bits per heavy atom. The molecule has 0 fully saturated rings. The predicted octanol–water partition coefficient (Wildman–Crippen LogP) is 1.73. The molecule has 0 rings (SSSR count). The maximum atomic E-state index is 11.1. The van der Waals surface area contributed by atoms with E-state index in [0.29, 0.717) is 12.2 Å². The minimum Gasteiger partial charge on any atom is -0.328 e. The van der Waals surface area contributed by atoms with E-state index in [0.717, 1.165) is 12.8 Å². The summed E-state index contributed by atoms with van der Waals surface area (Å²) in [5, 5.41) is 0. The highest BCUT2D eigenvalue weighted by Gasteiger charge is 2.06. The van der Waals surface area contributed by atoms with Crippen molar-refractivity contribution < 1.29 is 4.79 Å². The SMILES string of the molecule is CC(N)CCCC(=O)C(C)C. The first-order valence-corrected chi connectivity index (χ1v) is 4.32. The van der Waals surface area contributed by atoms with E-state index in [1.54, 1.807) is 0 Å². The normalized spacial score (nSPS) is 13.5. The van der Waals surface area contributed by atoms with Gasteiger partial charge in [0.25, 0.3) is 0 Å². The van der Waals surface area contributed by atoms with E-state index in [9.17, 15) is 4.79 Å². The average molecular weight is 157 g/mol. The van der Waals surface area contributed by atoms with Crippen LogP contribution in [-0.4, -0.2) is 11.8 Å². The number of hydrogen-bond acceptors (Lipinski definition) is 2. The summed E-state index contributed by atoms with van der Waals surface area (Å²) < 4.78 is 0. The Morgan fingerprint density at radius 2 is 1.91 bits per heavy atom. The van der Waals surface area contributed by atoms with Gasteiger partial charge < -0.3 is 5.73 Å².